The highest BCUT2D eigenvalue weighted by Crippen LogP contribution is 2.33. The number of ether oxygens (including phenoxy) is 1. The average Bonchev–Trinajstić information content (AvgIpc) is 2.89. The van der Waals surface area contributed by atoms with Crippen LogP contribution in [0.4, 0.5) is 18.9 Å². The van der Waals surface area contributed by atoms with Crippen LogP contribution in [0, 0.1) is 24.4 Å². The Morgan fingerprint density at radius 2 is 1.62 bits per heavy atom. The summed E-state index contributed by atoms with van der Waals surface area (Å²) in [4.78, 5) is 14.5. The zero-order valence-corrected chi connectivity index (χ0v) is 23.6. The fourth-order valence-corrected chi connectivity index (χ4v) is 4.63. The Hall–Kier alpha value is -2.78. The molecule has 1 fully saturated rings. The topological polar surface area (TPSA) is 53.6 Å². The zero-order chi connectivity index (χ0) is 26.4. The van der Waals surface area contributed by atoms with Crippen molar-refractivity contribution in [1.82, 2.24) is 10.2 Å². The van der Waals surface area contributed by atoms with Gasteiger partial charge >= 0.3 is 0 Å². The highest BCUT2D eigenvalue weighted by Gasteiger charge is 2.22. The van der Waals surface area contributed by atoms with E-state index in [1.165, 1.54) is 11.1 Å². The Labute approximate surface area is 239 Å². The first kappa shape index (κ1) is 32.4. The molecule has 0 aromatic heterocycles. The zero-order valence-electron chi connectivity index (χ0n) is 21.9. The van der Waals surface area contributed by atoms with Crippen LogP contribution in [0.15, 0.2) is 54.6 Å². The number of aryl methyl sites for hydroxylation is 1. The van der Waals surface area contributed by atoms with E-state index in [2.05, 4.69) is 34.6 Å². The van der Waals surface area contributed by atoms with E-state index in [9.17, 15) is 18.0 Å². The molecule has 0 saturated carbocycles. The first-order valence-electron chi connectivity index (χ1n) is 12.6. The summed E-state index contributed by atoms with van der Waals surface area (Å²) in [5.41, 5.74) is 4.43. The Bertz CT molecular complexity index is 1240. The van der Waals surface area contributed by atoms with Gasteiger partial charge in [0.25, 0.3) is 0 Å². The van der Waals surface area contributed by atoms with E-state index in [1.807, 2.05) is 25.1 Å². The molecule has 4 rings (SSSR count). The number of rotatable bonds is 9. The minimum Gasteiger partial charge on any atom is -0.454 e. The quantitative estimate of drug-likeness (QED) is 0.267. The number of likely N-dealkylation sites (N-methyl/N-ethyl adjacent to an activating group) is 1. The molecule has 1 aliphatic rings. The van der Waals surface area contributed by atoms with Crippen LogP contribution >= 0.6 is 24.8 Å². The number of benzene rings is 3. The Kier molecular flexibility index (Phi) is 12.6. The van der Waals surface area contributed by atoms with E-state index in [4.69, 9.17) is 4.74 Å². The van der Waals surface area contributed by atoms with Crippen molar-refractivity contribution in [1.29, 1.82) is 0 Å². The lowest BCUT2D eigenvalue weighted by Crippen LogP contribution is -2.32. The van der Waals surface area contributed by atoms with Crippen molar-refractivity contribution in [3.05, 3.63) is 88.7 Å². The molecule has 39 heavy (non-hydrogen) atoms. The number of carbonyl (C=O) groups excluding carboxylic acids is 1. The van der Waals surface area contributed by atoms with Gasteiger partial charge in [0.05, 0.1) is 6.54 Å². The normalized spacial score (nSPS) is 13.8. The Morgan fingerprint density at radius 1 is 0.949 bits per heavy atom. The molecule has 0 bridgehead atoms. The van der Waals surface area contributed by atoms with E-state index in [-0.39, 0.29) is 36.5 Å². The summed E-state index contributed by atoms with van der Waals surface area (Å²) in [7, 11) is 0. The molecule has 1 heterocycles. The first-order valence-corrected chi connectivity index (χ1v) is 12.6. The molecule has 0 atom stereocenters. The maximum atomic E-state index is 13.8. The lowest BCUT2D eigenvalue weighted by molar-refractivity contribution is -0.115. The van der Waals surface area contributed by atoms with Crippen molar-refractivity contribution >= 4 is 36.4 Å². The molecule has 1 saturated heterocycles. The molecular weight excluding hydrogens is 550 g/mol. The van der Waals surface area contributed by atoms with Gasteiger partial charge in [0.1, 0.15) is 5.75 Å². The molecule has 0 spiro atoms. The van der Waals surface area contributed by atoms with Crippen molar-refractivity contribution in [2.45, 2.75) is 39.2 Å². The SMILES string of the molecule is CCNCC(=O)Nc1ccc(C)c(C2CCN(Cc3ccc(Oc4cc(F)c(F)cc4F)cc3)CC2)c1.Cl.Cl. The minimum absolute atomic E-state index is 0. The number of likely N-dealkylation sites (tertiary alicyclic amines) is 1. The van der Waals surface area contributed by atoms with Gasteiger partial charge in [0.2, 0.25) is 5.91 Å². The van der Waals surface area contributed by atoms with Gasteiger partial charge < -0.3 is 15.4 Å². The van der Waals surface area contributed by atoms with Crippen LogP contribution in [0.1, 0.15) is 42.4 Å². The van der Waals surface area contributed by atoms with Crippen LogP contribution in [0.25, 0.3) is 0 Å². The molecule has 0 radical (unpaired) electrons. The molecule has 3 aromatic carbocycles. The van der Waals surface area contributed by atoms with Gasteiger partial charge in [-0.25, -0.2) is 13.2 Å². The van der Waals surface area contributed by atoms with Gasteiger partial charge in [-0.05, 0) is 86.3 Å². The Morgan fingerprint density at radius 3 is 2.28 bits per heavy atom. The van der Waals surface area contributed by atoms with Crippen LogP contribution in [-0.4, -0.2) is 37.0 Å². The summed E-state index contributed by atoms with van der Waals surface area (Å²) in [6.07, 6.45) is 2.04. The van der Waals surface area contributed by atoms with E-state index in [0.29, 0.717) is 30.3 Å². The molecule has 1 aliphatic heterocycles. The highest BCUT2D eigenvalue weighted by molar-refractivity contribution is 5.92. The fourth-order valence-electron chi connectivity index (χ4n) is 4.63. The number of nitrogens with one attached hydrogen (secondary N) is 2. The fraction of sp³-hybridized carbons (Fsp3) is 0.345. The first-order chi connectivity index (χ1) is 17.8. The second kappa shape index (κ2) is 15.1. The molecule has 3 aromatic rings. The third-order valence-electron chi connectivity index (χ3n) is 6.66. The van der Waals surface area contributed by atoms with E-state index in [0.717, 1.165) is 50.3 Å². The summed E-state index contributed by atoms with van der Waals surface area (Å²) in [6, 6.07) is 14.5. The third kappa shape index (κ3) is 8.86. The monoisotopic (exact) mass is 583 g/mol. The number of hydrogen-bond acceptors (Lipinski definition) is 4. The molecule has 10 heteroatoms. The highest BCUT2D eigenvalue weighted by atomic mass is 35.5. The molecular formula is C29H34Cl2F3N3O2. The summed E-state index contributed by atoms with van der Waals surface area (Å²) >= 11 is 0. The second-order valence-corrected chi connectivity index (χ2v) is 9.39. The number of carbonyl (C=O) groups is 1. The van der Waals surface area contributed by atoms with Gasteiger partial charge in [0.15, 0.2) is 23.2 Å². The van der Waals surface area contributed by atoms with Gasteiger partial charge in [-0.3, -0.25) is 9.69 Å². The van der Waals surface area contributed by atoms with Crippen molar-refractivity contribution in [3.8, 4) is 11.5 Å². The largest absolute Gasteiger partial charge is 0.454 e. The number of halogens is 5. The summed E-state index contributed by atoms with van der Waals surface area (Å²) in [5.74, 6) is -2.99. The lowest BCUT2D eigenvalue weighted by atomic mass is 9.86. The van der Waals surface area contributed by atoms with Gasteiger partial charge in [-0.1, -0.05) is 25.1 Å². The summed E-state index contributed by atoms with van der Waals surface area (Å²) < 4.78 is 45.8. The van der Waals surface area contributed by atoms with Crippen LogP contribution < -0.4 is 15.4 Å². The number of anilines is 1. The number of amides is 1. The number of nitrogens with zero attached hydrogens (tertiary/aromatic N) is 1. The standard InChI is InChI=1S/C29H32F3N3O2.2ClH/c1-3-33-17-29(36)34-22-7-4-19(2)24(14-22)21-10-12-35(13-11-21)18-20-5-8-23(9-6-20)37-28-16-26(31)25(30)15-27(28)32;;/h4-9,14-16,21,33H,3,10-13,17-18H2,1-2H3,(H,34,36);2*1H. The molecule has 1 amide bonds. The third-order valence-corrected chi connectivity index (χ3v) is 6.66. The van der Waals surface area contributed by atoms with Crippen LogP contribution in [0.2, 0.25) is 0 Å². The lowest BCUT2D eigenvalue weighted by Gasteiger charge is -2.33. The predicted octanol–water partition coefficient (Wildman–Crippen LogP) is 6.98. The maximum Gasteiger partial charge on any atom is 0.238 e. The maximum absolute atomic E-state index is 13.8. The molecule has 212 valence electrons. The molecule has 2 N–H and O–H groups in total. The van der Waals surface area contributed by atoms with Gasteiger partial charge in [-0.2, -0.15) is 0 Å². The van der Waals surface area contributed by atoms with E-state index in [1.54, 1.807) is 12.1 Å². The van der Waals surface area contributed by atoms with Crippen LogP contribution in [-0.2, 0) is 11.3 Å². The van der Waals surface area contributed by atoms with Crippen molar-refractivity contribution in [2.75, 3.05) is 31.5 Å². The van der Waals surface area contributed by atoms with E-state index < -0.39 is 17.5 Å². The number of piperidine rings is 1. The van der Waals surface area contributed by atoms with E-state index >= 15 is 0 Å². The van der Waals surface area contributed by atoms with Gasteiger partial charge in [0, 0.05) is 24.4 Å². The predicted molar refractivity (Wildman–Crippen MR) is 153 cm³/mol. The van der Waals surface area contributed by atoms with Crippen molar-refractivity contribution in [3.63, 3.8) is 0 Å². The molecule has 0 aliphatic carbocycles. The second-order valence-electron chi connectivity index (χ2n) is 9.39. The molecule has 0 unspecified atom stereocenters. The average molecular weight is 585 g/mol. The molecule has 5 nitrogen and oxygen atoms in total. The van der Waals surface area contributed by atoms with Gasteiger partial charge in [-0.15, -0.1) is 24.8 Å². The van der Waals surface area contributed by atoms with Crippen molar-refractivity contribution < 1.29 is 22.7 Å². The van der Waals surface area contributed by atoms with Crippen molar-refractivity contribution in [2.24, 2.45) is 0 Å². The Balaban J connectivity index is 0.00000267. The minimum atomic E-state index is -1.25. The smallest absolute Gasteiger partial charge is 0.238 e. The summed E-state index contributed by atoms with van der Waals surface area (Å²) in [5, 5.41) is 6.01. The summed E-state index contributed by atoms with van der Waals surface area (Å²) in [6.45, 7) is 7.79. The number of hydrogen-bond donors (Lipinski definition) is 2. The van der Waals surface area contributed by atoms with Crippen LogP contribution in [0.5, 0.6) is 11.5 Å². The van der Waals surface area contributed by atoms with Crippen LogP contribution in [0.3, 0.4) is 0 Å².